The van der Waals surface area contributed by atoms with Gasteiger partial charge in [-0.05, 0) is 38.1 Å². The topological polar surface area (TPSA) is 115 Å². The number of nitrogens with zero attached hydrogens (tertiary/aromatic N) is 4. The summed E-state index contributed by atoms with van der Waals surface area (Å²) in [6, 6.07) is 5.14. The predicted molar refractivity (Wildman–Crippen MR) is 110 cm³/mol. The van der Waals surface area contributed by atoms with Gasteiger partial charge in [0.25, 0.3) is 0 Å². The van der Waals surface area contributed by atoms with Crippen LogP contribution in [0.15, 0.2) is 24.5 Å². The van der Waals surface area contributed by atoms with Crippen molar-refractivity contribution in [2.75, 3.05) is 51.0 Å². The molecule has 2 heterocycles. The van der Waals surface area contributed by atoms with Crippen LogP contribution in [0.25, 0.3) is 0 Å². The van der Waals surface area contributed by atoms with E-state index in [1.165, 1.54) is 32.7 Å². The molecule has 0 unspecified atom stereocenters. The van der Waals surface area contributed by atoms with Gasteiger partial charge in [0.05, 0.1) is 24.8 Å². The van der Waals surface area contributed by atoms with Crippen molar-refractivity contribution in [3.8, 4) is 11.5 Å². The van der Waals surface area contributed by atoms with Crippen LogP contribution in [0.3, 0.4) is 0 Å². The second kappa shape index (κ2) is 9.87. The van der Waals surface area contributed by atoms with Crippen molar-refractivity contribution in [1.29, 1.82) is 0 Å². The number of piperidine rings is 1. The molecule has 0 atom stereocenters. The SMILES string of the molecule is COc1ccc(OC)c(Nc2ncnc(NCCN3CCCCC3)c2[N+](=O)[O-])c1. The van der Waals surface area contributed by atoms with Crippen molar-refractivity contribution in [3.05, 3.63) is 34.6 Å². The van der Waals surface area contributed by atoms with Crippen LogP contribution in [0.1, 0.15) is 19.3 Å². The summed E-state index contributed by atoms with van der Waals surface area (Å²) in [5.74, 6) is 1.37. The zero-order chi connectivity index (χ0) is 20.6. The minimum absolute atomic E-state index is 0.0806. The highest BCUT2D eigenvalue weighted by atomic mass is 16.6. The summed E-state index contributed by atoms with van der Waals surface area (Å²) in [7, 11) is 3.07. The van der Waals surface area contributed by atoms with Crippen LogP contribution in [-0.2, 0) is 0 Å². The van der Waals surface area contributed by atoms with E-state index in [9.17, 15) is 10.1 Å². The first kappa shape index (κ1) is 20.6. The summed E-state index contributed by atoms with van der Waals surface area (Å²) < 4.78 is 10.6. The maximum absolute atomic E-state index is 11.8. The van der Waals surface area contributed by atoms with E-state index in [0.717, 1.165) is 19.6 Å². The number of nitro groups is 1. The zero-order valence-corrected chi connectivity index (χ0v) is 16.7. The smallest absolute Gasteiger partial charge is 0.353 e. The summed E-state index contributed by atoms with van der Waals surface area (Å²) in [6.07, 6.45) is 4.96. The van der Waals surface area contributed by atoms with Crippen molar-refractivity contribution in [3.63, 3.8) is 0 Å². The molecular formula is C19H26N6O4. The lowest BCUT2D eigenvalue weighted by molar-refractivity contribution is -0.383. The van der Waals surface area contributed by atoms with Crippen LogP contribution in [0, 0.1) is 10.1 Å². The molecule has 0 radical (unpaired) electrons. The fourth-order valence-electron chi connectivity index (χ4n) is 3.33. The molecule has 0 amide bonds. The zero-order valence-electron chi connectivity index (χ0n) is 16.7. The Morgan fingerprint density at radius 1 is 1.14 bits per heavy atom. The molecule has 10 nitrogen and oxygen atoms in total. The number of nitrogens with one attached hydrogen (secondary N) is 2. The van der Waals surface area contributed by atoms with Gasteiger partial charge >= 0.3 is 5.69 Å². The Morgan fingerprint density at radius 2 is 1.90 bits per heavy atom. The number of aromatic nitrogens is 2. The lowest BCUT2D eigenvalue weighted by Gasteiger charge is -2.26. The molecule has 1 aliphatic rings. The molecule has 3 rings (SSSR count). The maximum atomic E-state index is 11.8. The minimum Gasteiger partial charge on any atom is -0.497 e. The molecule has 10 heteroatoms. The van der Waals surface area contributed by atoms with Gasteiger partial charge in [-0.3, -0.25) is 10.1 Å². The third kappa shape index (κ3) is 5.23. The molecule has 1 saturated heterocycles. The second-order valence-electron chi connectivity index (χ2n) is 6.70. The summed E-state index contributed by atoms with van der Waals surface area (Å²) in [5, 5.41) is 17.8. The van der Waals surface area contributed by atoms with Crippen LogP contribution >= 0.6 is 0 Å². The normalized spacial score (nSPS) is 14.3. The molecule has 1 aliphatic heterocycles. The number of likely N-dealkylation sites (tertiary alicyclic amines) is 1. The van der Waals surface area contributed by atoms with E-state index in [0.29, 0.717) is 23.7 Å². The number of anilines is 3. The number of methoxy groups -OCH3 is 2. The summed E-state index contributed by atoms with van der Waals surface area (Å²) >= 11 is 0. The molecule has 0 saturated carbocycles. The average Bonchev–Trinajstić information content (AvgIpc) is 2.74. The first-order valence-electron chi connectivity index (χ1n) is 9.57. The first-order valence-corrected chi connectivity index (χ1v) is 9.57. The summed E-state index contributed by atoms with van der Waals surface area (Å²) in [5.41, 5.74) is 0.295. The lowest BCUT2D eigenvalue weighted by atomic mass is 10.1. The van der Waals surface area contributed by atoms with E-state index in [2.05, 4.69) is 25.5 Å². The van der Waals surface area contributed by atoms with Crippen LogP contribution in [0.4, 0.5) is 23.0 Å². The van der Waals surface area contributed by atoms with Gasteiger partial charge in [-0.15, -0.1) is 0 Å². The Labute approximate surface area is 169 Å². The fraction of sp³-hybridized carbons (Fsp3) is 0.474. The van der Waals surface area contributed by atoms with Crippen LogP contribution in [-0.4, -0.2) is 60.2 Å². The largest absolute Gasteiger partial charge is 0.497 e. The van der Waals surface area contributed by atoms with Crippen molar-refractivity contribution in [2.45, 2.75) is 19.3 Å². The molecule has 2 aromatic rings. The monoisotopic (exact) mass is 402 g/mol. The number of benzene rings is 1. The highest BCUT2D eigenvalue weighted by Gasteiger charge is 2.24. The van der Waals surface area contributed by atoms with Crippen molar-refractivity contribution >= 4 is 23.0 Å². The number of hydrogen-bond donors (Lipinski definition) is 2. The van der Waals surface area contributed by atoms with E-state index >= 15 is 0 Å². The Balaban J connectivity index is 1.79. The molecular weight excluding hydrogens is 376 g/mol. The third-order valence-corrected chi connectivity index (χ3v) is 4.83. The molecule has 1 fully saturated rings. The predicted octanol–water partition coefficient (Wildman–Crippen LogP) is 3.04. The maximum Gasteiger partial charge on any atom is 0.353 e. The van der Waals surface area contributed by atoms with E-state index in [4.69, 9.17) is 9.47 Å². The molecule has 0 spiro atoms. The number of rotatable bonds is 9. The summed E-state index contributed by atoms with van der Waals surface area (Å²) in [6.45, 7) is 3.51. The van der Waals surface area contributed by atoms with Gasteiger partial charge in [0, 0.05) is 19.2 Å². The Hall–Kier alpha value is -3.14. The molecule has 2 N–H and O–H groups in total. The molecule has 156 valence electrons. The Morgan fingerprint density at radius 3 is 2.59 bits per heavy atom. The van der Waals surface area contributed by atoms with Crippen molar-refractivity contribution in [1.82, 2.24) is 14.9 Å². The summed E-state index contributed by atoms with van der Waals surface area (Å²) in [4.78, 5) is 21.8. The van der Waals surface area contributed by atoms with Crippen molar-refractivity contribution < 1.29 is 14.4 Å². The second-order valence-corrected chi connectivity index (χ2v) is 6.70. The van der Waals surface area contributed by atoms with Crippen LogP contribution in [0.2, 0.25) is 0 Å². The van der Waals surface area contributed by atoms with E-state index < -0.39 is 4.92 Å². The average molecular weight is 402 g/mol. The standard InChI is InChI=1S/C19H26N6O4/c1-28-14-6-7-16(29-2)15(12-14)23-19-17(25(26)27)18(21-13-22-19)20-8-11-24-9-4-3-5-10-24/h6-7,12-13H,3-5,8-11H2,1-2H3,(H2,20,21,22,23). The van der Waals surface area contributed by atoms with E-state index in [1.54, 1.807) is 25.3 Å². The minimum atomic E-state index is -0.488. The highest BCUT2D eigenvalue weighted by molar-refractivity contribution is 5.76. The molecule has 0 aliphatic carbocycles. The van der Waals surface area contributed by atoms with Gasteiger partial charge < -0.3 is 25.0 Å². The van der Waals surface area contributed by atoms with Gasteiger partial charge in [-0.25, -0.2) is 9.97 Å². The molecule has 0 bridgehead atoms. The molecule has 29 heavy (non-hydrogen) atoms. The first-order chi connectivity index (χ1) is 14.1. The van der Waals surface area contributed by atoms with Crippen molar-refractivity contribution in [2.24, 2.45) is 0 Å². The molecule has 1 aromatic carbocycles. The van der Waals surface area contributed by atoms with Gasteiger partial charge in [-0.1, -0.05) is 6.42 Å². The van der Waals surface area contributed by atoms with E-state index in [1.807, 2.05) is 0 Å². The number of ether oxygens (including phenoxy) is 2. The van der Waals surface area contributed by atoms with Gasteiger partial charge in [0.15, 0.2) is 0 Å². The van der Waals surface area contributed by atoms with Gasteiger partial charge in [-0.2, -0.15) is 0 Å². The Kier molecular flexibility index (Phi) is 7.01. The number of hydrogen-bond acceptors (Lipinski definition) is 9. The quantitative estimate of drug-likeness (QED) is 0.482. The molecule has 1 aromatic heterocycles. The van der Waals surface area contributed by atoms with Gasteiger partial charge in [0.1, 0.15) is 17.8 Å². The van der Waals surface area contributed by atoms with Crippen LogP contribution < -0.4 is 20.1 Å². The lowest BCUT2D eigenvalue weighted by Crippen LogP contribution is -2.33. The van der Waals surface area contributed by atoms with E-state index in [-0.39, 0.29) is 17.3 Å². The fourth-order valence-corrected chi connectivity index (χ4v) is 3.33. The third-order valence-electron chi connectivity index (χ3n) is 4.83. The van der Waals surface area contributed by atoms with Crippen LogP contribution in [0.5, 0.6) is 11.5 Å². The Bertz CT molecular complexity index is 841. The van der Waals surface area contributed by atoms with Gasteiger partial charge in [0.2, 0.25) is 11.6 Å². The highest BCUT2D eigenvalue weighted by Crippen LogP contribution is 2.36.